The first-order chi connectivity index (χ1) is 57.6. The Morgan fingerprint density at radius 2 is 0.789 bits per heavy atom. The molecule has 0 aliphatic rings. The molecule has 0 unspecified atom stereocenters. The number of para-hydroxylation sites is 3. The molecule has 0 spiro atoms. The summed E-state index contributed by atoms with van der Waals surface area (Å²) in [5.41, 5.74) is 19.1. The number of benzene rings is 10. The van der Waals surface area contributed by atoms with Crippen LogP contribution in [0.4, 0.5) is 0 Å². The fourth-order valence-electron chi connectivity index (χ4n) is 12.7. The topological polar surface area (TPSA) is 274 Å². The van der Waals surface area contributed by atoms with Crippen LogP contribution < -0.4 is 25.5 Å². The van der Waals surface area contributed by atoms with Crippen molar-refractivity contribution in [2.45, 2.75) is 173 Å². The maximum Gasteiger partial charge on any atom is 0.227 e. The van der Waals surface area contributed by atoms with E-state index in [0.29, 0.717) is 39.3 Å². The molecule has 2 aromatic heterocycles. The predicted molar refractivity (Wildman–Crippen MR) is 493 cm³/mol. The summed E-state index contributed by atoms with van der Waals surface area (Å²) in [5.74, 6) is -1.29. The lowest BCUT2D eigenvalue weighted by Crippen LogP contribution is -2.25. The number of allylic oxidation sites excluding steroid dienone is 8. The maximum atomic E-state index is 12.6. The second-order valence-corrected chi connectivity index (χ2v) is 34.3. The van der Waals surface area contributed by atoms with Crippen LogP contribution in [0.5, 0.6) is 0 Å². The van der Waals surface area contributed by atoms with Crippen molar-refractivity contribution in [3.8, 4) is 22.0 Å². The van der Waals surface area contributed by atoms with Gasteiger partial charge in [0.1, 0.15) is 16.3 Å². The zero-order valence-corrected chi connectivity index (χ0v) is 76.3. The fraction of sp³-hybridized carbons (Fsp3) is 0.262. The number of aryl methyl sites for hydroxylation is 11. The molecular weight excluding hydrogens is 1550 g/mol. The number of carbonyl (C=O) groups excluding carboxylic acids is 7. The minimum absolute atomic E-state index is 0.00571. The lowest BCUT2D eigenvalue weighted by atomic mass is 9.85. The minimum atomic E-state index is -0.457. The van der Waals surface area contributed by atoms with Crippen LogP contribution in [0.1, 0.15) is 205 Å². The van der Waals surface area contributed by atoms with E-state index in [9.17, 15) is 59.1 Å². The molecule has 0 radical (unpaired) electrons. The molecule has 12 aromatic rings. The molecule has 15 nitrogen and oxygen atoms in total. The highest BCUT2D eigenvalue weighted by Crippen LogP contribution is 2.33. The van der Waals surface area contributed by atoms with Crippen molar-refractivity contribution >= 4 is 90.2 Å². The molecule has 10 aromatic carbocycles. The lowest BCUT2D eigenvalue weighted by molar-refractivity contribution is -0.322. The van der Waals surface area contributed by atoms with E-state index in [4.69, 9.17) is 4.42 Å². The molecule has 0 atom stereocenters. The van der Waals surface area contributed by atoms with E-state index in [-0.39, 0.29) is 81.3 Å². The second kappa shape index (κ2) is 46.7. The van der Waals surface area contributed by atoms with Gasteiger partial charge < -0.3 is 29.9 Å². The summed E-state index contributed by atoms with van der Waals surface area (Å²) in [7, 11) is 0. The van der Waals surface area contributed by atoms with Crippen molar-refractivity contribution in [3.63, 3.8) is 0 Å². The minimum Gasteiger partial charge on any atom is -0.876 e. The number of hydrogen-bond acceptors (Lipinski definition) is 16. The highest BCUT2D eigenvalue weighted by molar-refractivity contribution is 7.21. The van der Waals surface area contributed by atoms with Crippen LogP contribution in [0.2, 0.25) is 0 Å². The quantitative estimate of drug-likeness (QED) is 0.0399. The largest absolute Gasteiger partial charge is 0.876 e. The molecule has 0 bridgehead atoms. The first-order valence-electron chi connectivity index (χ1n) is 40.4. The third kappa shape index (κ3) is 32.1. The van der Waals surface area contributed by atoms with Gasteiger partial charge in [-0.15, -0.1) is 28.6 Å². The lowest BCUT2D eigenvalue weighted by Gasteiger charge is -2.28. The average Bonchev–Trinajstić information content (AvgIpc) is 1.73. The molecule has 123 heavy (non-hydrogen) atoms. The standard InChI is InChI=1S/C21H24O2.C16H22O2.C15H12O2.C14H11NO.C14H11NS.C11H12O2.C11H20O2.C5H8O2/c1-12-7-14(3)20(15(4)8-12)18(22)11-19(23)21-16(5)9-13(2)10-17(21)6;1-10-7-11(2)15(12(3)8-10)13(17)9-14(18)16(4,5)6;16-14(12-7-3-1-4-8-12)11-15(17)13-9-5-2-6-10-13;2*1-10-6-2-3-7-11(10)14-15-12-8-4-5-9-13(12)16-14;1-8(12)11(9(2)13)10-6-4-3-5-7-10;1-10(2,3)8(12)7-9(13)11(4,5)6;1-4(6)3-5(2)7/h7-11,22H,1-6H3;7-8H,9H2,1-6H3;1-11,16H;2*2-9H,1H3;3-7,12H,1-2H3;7,12H,1-6H3;3,6H,1-2H3/p-5/b18-11-;;14-11-;;;11-8+;8-7-;4-3-. The molecule has 2 heterocycles. The first-order valence-corrected chi connectivity index (χ1v) is 41.2. The molecule has 12 rings (SSSR count). The normalized spacial score (nSPS) is 11.7. The van der Waals surface area contributed by atoms with Crippen molar-refractivity contribution in [2.24, 2.45) is 16.2 Å². The zero-order valence-electron chi connectivity index (χ0n) is 75.5. The Morgan fingerprint density at radius 1 is 0.382 bits per heavy atom. The van der Waals surface area contributed by atoms with Crippen LogP contribution in [-0.4, -0.2) is 50.5 Å². The molecule has 16 heteroatoms. The maximum absolute atomic E-state index is 12.6. The van der Waals surface area contributed by atoms with Crippen molar-refractivity contribution in [2.75, 3.05) is 0 Å². The molecule has 0 amide bonds. The SMILES string of the molecule is CC(=O)/C(=C(/C)[O-])c1ccccc1.CC(=O)/C=C(/C)[O-].CC(C)(C)C(=O)/C=C(\[O-])C(C)(C)C.Cc1cc(C)c(C(=O)/C=C(\[O-])c2c(C)cc(C)cc2C)c(C)c1.Cc1cc(C)c(C(=O)CC(=O)C(C)(C)C)c(C)c1.Cc1ccccc1-c1nc2ccccc2o1.Cc1ccccc1-c1nc2ccccc2s1.O=C(/C=C(\[O-])c1ccccc1)c1ccccc1. The van der Waals surface area contributed by atoms with Crippen molar-refractivity contribution in [3.05, 3.63) is 361 Å². The summed E-state index contributed by atoms with van der Waals surface area (Å²) in [6, 6.07) is 70.9. The number of fused-ring (bicyclic) bond motifs is 2. The van der Waals surface area contributed by atoms with E-state index in [0.717, 1.165) is 89.4 Å². The van der Waals surface area contributed by atoms with Gasteiger partial charge in [0.2, 0.25) is 5.89 Å². The monoisotopic (exact) mass is 1670 g/mol. The summed E-state index contributed by atoms with van der Waals surface area (Å²) in [4.78, 5) is 90.2. The number of hydrogen-bond donors (Lipinski definition) is 0. The molecular formula is C107H115N2O13S-5. The number of ketones is 7. The van der Waals surface area contributed by atoms with Gasteiger partial charge in [-0.1, -0.05) is 298 Å². The Kier molecular flexibility index (Phi) is 38.1. The summed E-state index contributed by atoms with van der Waals surface area (Å²) >= 11 is 1.75. The van der Waals surface area contributed by atoms with E-state index in [1.54, 1.807) is 84.1 Å². The number of Topliss-reactive ketones (excluding diaryl/α,β-unsaturated/α-hetero) is 3. The summed E-state index contributed by atoms with van der Waals surface area (Å²) in [6.07, 6.45) is 4.63. The Balaban J connectivity index is 0.000000253. The Morgan fingerprint density at radius 3 is 1.20 bits per heavy atom. The van der Waals surface area contributed by atoms with E-state index in [2.05, 4.69) is 72.3 Å². The first kappa shape index (κ1) is 101. The van der Waals surface area contributed by atoms with Gasteiger partial charge in [0, 0.05) is 44.2 Å². The number of nitrogens with zero attached hydrogens (tertiary/aromatic N) is 2. The number of oxazole rings is 1. The van der Waals surface area contributed by atoms with Gasteiger partial charge in [0.25, 0.3) is 0 Å². The van der Waals surface area contributed by atoms with Gasteiger partial charge in [-0.25, -0.2) is 9.97 Å². The van der Waals surface area contributed by atoms with Crippen LogP contribution in [0.3, 0.4) is 0 Å². The van der Waals surface area contributed by atoms with Crippen LogP contribution >= 0.6 is 11.3 Å². The van der Waals surface area contributed by atoms with Gasteiger partial charge in [-0.05, 0) is 211 Å². The molecule has 0 N–H and O–H groups in total. The summed E-state index contributed by atoms with van der Waals surface area (Å²) in [5, 5.41) is 58.0. The average molecular weight is 1670 g/mol. The molecule has 642 valence electrons. The van der Waals surface area contributed by atoms with Crippen molar-refractivity contribution < 1.29 is 63.5 Å². The highest BCUT2D eigenvalue weighted by Gasteiger charge is 2.26. The molecule has 0 aliphatic heterocycles. The highest BCUT2D eigenvalue weighted by atomic mass is 32.1. The number of rotatable bonds is 15. The summed E-state index contributed by atoms with van der Waals surface area (Å²) < 4.78 is 6.97. The number of thiazole rings is 1. The van der Waals surface area contributed by atoms with Gasteiger partial charge in [0.05, 0.1) is 16.6 Å². The van der Waals surface area contributed by atoms with Gasteiger partial charge >= 0.3 is 0 Å². The third-order valence-electron chi connectivity index (χ3n) is 18.9. The Hall–Kier alpha value is -13.1. The third-order valence-corrected chi connectivity index (χ3v) is 19.9. The van der Waals surface area contributed by atoms with Gasteiger partial charge in [-0.2, -0.15) is 0 Å². The van der Waals surface area contributed by atoms with E-state index < -0.39 is 16.2 Å². The molecule has 0 fully saturated rings. The summed E-state index contributed by atoms with van der Waals surface area (Å²) in [6.45, 7) is 43.6. The van der Waals surface area contributed by atoms with Gasteiger partial charge in [0.15, 0.2) is 40.3 Å². The molecule has 0 aliphatic carbocycles. The fourth-order valence-corrected chi connectivity index (χ4v) is 13.8. The van der Waals surface area contributed by atoms with Crippen LogP contribution in [-0.2, 0) is 19.2 Å². The van der Waals surface area contributed by atoms with Crippen LogP contribution in [0.25, 0.3) is 60.4 Å². The van der Waals surface area contributed by atoms with Crippen molar-refractivity contribution in [1.82, 2.24) is 9.97 Å². The second-order valence-electron chi connectivity index (χ2n) is 33.3. The van der Waals surface area contributed by atoms with E-state index >= 15 is 0 Å². The van der Waals surface area contributed by atoms with Crippen LogP contribution in [0, 0.1) is 92.4 Å². The smallest absolute Gasteiger partial charge is 0.227 e. The zero-order chi connectivity index (χ0) is 92.0. The van der Waals surface area contributed by atoms with E-state index in [1.807, 2.05) is 228 Å². The number of aromatic nitrogens is 2. The van der Waals surface area contributed by atoms with Crippen molar-refractivity contribution in [1.29, 1.82) is 0 Å². The van der Waals surface area contributed by atoms with Gasteiger partial charge in [-0.3, -0.25) is 33.6 Å². The Bertz CT molecular complexity index is 5590. The number of carbonyl (C=O) groups is 7. The predicted octanol–water partition coefficient (Wildman–Crippen LogP) is 21.4. The molecule has 0 saturated heterocycles. The van der Waals surface area contributed by atoms with Crippen LogP contribution in [0.15, 0.2) is 270 Å². The Labute approximate surface area is 730 Å². The molecule has 0 saturated carbocycles. The van der Waals surface area contributed by atoms with E-state index in [1.165, 1.54) is 61.2 Å².